The topological polar surface area (TPSA) is 141 Å². The van der Waals surface area contributed by atoms with Crippen molar-refractivity contribution in [2.45, 2.75) is 31.8 Å². The van der Waals surface area contributed by atoms with Crippen molar-refractivity contribution in [2.75, 3.05) is 6.61 Å². The molecule has 9 heteroatoms. The first-order chi connectivity index (χ1) is 18.7. The summed E-state index contributed by atoms with van der Waals surface area (Å²) < 4.78 is 5.63. The van der Waals surface area contributed by atoms with Gasteiger partial charge in [0.15, 0.2) is 0 Å². The van der Waals surface area contributed by atoms with Crippen molar-refractivity contribution in [3.63, 3.8) is 0 Å². The smallest absolute Gasteiger partial charge is 0.336 e. The van der Waals surface area contributed by atoms with Gasteiger partial charge in [0.2, 0.25) is 0 Å². The highest BCUT2D eigenvalue weighted by atomic mass is 16.5. The molecule has 0 spiro atoms. The number of carbonyl (C=O) groups is 4. The number of hydrogen-bond acceptors (Lipinski definition) is 5. The van der Waals surface area contributed by atoms with E-state index in [0.717, 1.165) is 36.1 Å². The summed E-state index contributed by atoms with van der Waals surface area (Å²) >= 11 is 0. The highest BCUT2D eigenvalue weighted by molar-refractivity contribution is 6.10. The Morgan fingerprint density at radius 3 is 2.18 bits per heavy atom. The van der Waals surface area contributed by atoms with Crippen LogP contribution in [0.5, 0.6) is 5.75 Å². The molecular formula is C30H27NO8. The molecule has 4 rings (SSSR count). The van der Waals surface area contributed by atoms with Crippen LogP contribution in [0.4, 0.5) is 0 Å². The summed E-state index contributed by atoms with van der Waals surface area (Å²) in [5.74, 6) is -4.88. The minimum atomic E-state index is -1.61. The molecule has 0 aromatic heterocycles. The summed E-state index contributed by atoms with van der Waals surface area (Å²) in [7, 11) is 0. The van der Waals surface area contributed by atoms with Gasteiger partial charge in [-0.1, -0.05) is 49.1 Å². The summed E-state index contributed by atoms with van der Waals surface area (Å²) in [6.07, 6.45) is 3.83. The Labute approximate surface area is 224 Å². The number of carboxylic acids is 3. The van der Waals surface area contributed by atoms with Crippen molar-refractivity contribution in [1.29, 1.82) is 0 Å². The summed E-state index contributed by atoms with van der Waals surface area (Å²) in [6.45, 7) is 4.00. The lowest BCUT2D eigenvalue weighted by Crippen LogP contribution is -2.37. The van der Waals surface area contributed by atoms with E-state index in [0.29, 0.717) is 17.7 Å². The Morgan fingerprint density at radius 1 is 0.872 bits per heavy atom. The summed E-state index contributed by atoms with van der Waals surface area (Å²) in [4.78, 5) is 51.4. The third-order valence-electron chi connectivity index (χ3n) is 6.67. The summed E-state index contributed by atoms with van der Waals surface area (Å²) in [6, 6.07) is 16.0. The van der Waals surface area contributed by atoms with Crippen LogP contribution >= 0.6 is 0 Å². The van der Waals surface area contributed by atoms with Gasteiger partial charge in [0.05, 0.1) is 28.3 Å². The van der Waals surface area contributed by atoms with Crippen LogP contribution in [0.3, 0.4) is 0 Å². The first-order valence-corrected chi connectivity index (χ1v) is 12.3. The average Bonchev–Trinajstić information content (AvgIpc) is 2.93. The van der Waals surface area contributed by atoms with E-state index >= 15 is 0 Å². The van der Waals surface area contributed by atoms with E-state index in [1.54, 1.807) is 24.3 Å². The van der Waals surface area contributed by atoms with Gasteiger partial charge in [0.25, 0.3) is 5.91 Å². The lowest BCUT2D eigenvalue weighted by Gasteiger charge is -2.36. The van der Waals surface area contributed by atoms with Crippen LogP contribution in [0.2, 0.25) is 0 Å². The number of carbonyl (C=O) groups excluding carboxylic acids is 1. The number of aryl methyl sites for hydroxylation is 1. The Kier molecular flexibility index (Phi) is 8.10. The Bertz CT molecular complexity index is 1460. The summed E-state index contributed by atoms with van der Waals surface area (Å²) in [5, 5.41) is 29.0. The molecule has 3 aromatic carbocycles. The van der Waals surface area contributed by atoms with Crippen LogP contribution in [-0.2, 0) is 13.0 Å². The van der Waals surface area contributed by atoms with Crippen molar-refractivity contribution >= 4 is 23.8 Å². The molecule has 0 saturated carbocycles. The standard InChI is InChI=1S/C30H27NO8/c1-2-13-39-20-10-5-7-18(14-20)17-31(26-12-6-9-19-8-3-4-11-21(19)26)27(32)22-15-24(29(35)36)25(30(37)38)16-23(22)28(33)34/h2-5,7-8,10-11,14-16,26H,1,6,9,12-13,17H2,(H,33,34)(H,35,36)(H,37,38)/t26-/m0/s1. The third kappa shape index (κ3) is 5.82. The van der Waals surface area contributed by atoms with Crippen LogP contribution < -0.4 is 4.74 Å². The van der Waals surface area contributed by atoms with Crippen molar-refractivity contribution < 1.29 is 39.2 Å². The number of nitrogens with zero attached hydrogens (tertiary/aromatic N) is 1. The van der Waals surface area contributed by atoms with E-state index < -0.39 is 52.1 Å². The van der Waals surface area contributed by atoms with Gasteiger partial charge in [-0.2, -0.15) is 0 Å². The number of carboxylic acid groups (broad SMARTS) is 3. The third-order valence-corrected chi connectivity index (χ3v) is 6.67. The molecule has 0 saturated heterocycles. The number of rotatable bonds is 10. The number of aromatic carboxylic acids is 3. The molecule has 0 fully saturated rings. The van der Waals surface area contributed by atoms with Crippen molar-refractivity contribution in [1.82, 2.24) is 4.90 Å². The van der Waals surface area contributed by atoms with Gasteiger partial charge >= 0.3 is 17.9 Å². The molecule has 1 aliphatic rings. The van der Waals surface area contributed by atoms with Gasteiger partial charge in [-0.3, -0.25) is 4.79 Å². The number of amides is 1. The highest BCUT2D eigenvalue weighted by Crippen LogP contribution is 2.37. The molecule has 39 heavy (non-hydrogen) atoms. The number of benzene rings is 3. The van der Waals surface area contributed by atoms with E-state index in [1.807, 2.05) is 30.3 Å². The number of hydrogen-bond donors (Lipinski definition) is 3. The number of ether oxygens (including phenoxy) is 1. The Balaban J connectivity index is 1.86. The van der Waals surface area contributed by atoms with Crippen molar-refractivity contribution in [2.24, 2.45) is 0 Å². The number of fused-ring (bicyclic) bond motifs is 1. The maximum atomic E-state index is 14.2. The zero-order valence-corrected chi connectivity index (χ0v) is 21.0. The molecule has 1 amide bonds. The van der Waals surface area contributed by atoms with Gasteiger partial charge < -0.3 is 25.0 Å². The molecule has 0 radical (unpaired) electrons. The highest BCUT2D eigenvalue weighted by Gasteiger charge is 2.33. The minimum absolute atomic E-state index is 0.0747. The average molecular weight is 530 g/mol. The molecule has 1 atom stereocenters. The Morgan fingerprint density at radius 2 is 1.51 bits per heavy atom. The zero-order chi connectivity index (χ0) is 28.1. The van der Waals surface area contributed by atoms with E-state index in [1.165, 1.54) is 4.90 Å². The van der Waals surface area contributed by atoms with Gasteiger partial charge in [-0.25, -0.2) is 14.4 Å². The molecule has 0 aliphatic heterocycles. The van der Waals surface area contributed by atoms with Gasteiger partial charge in [0, 0.05) is 6.54 Å². The fraction of sp³-hybridized carbons (Fsp3) is 0.200. The minimum Gasteiger partial charge on any atom is -0.490 e. The second-order valence-electron chi connectivity index (χ2n) is 9.15. The molecule has 9 nitrogen and oxygen atoms in total. The normalized spacial score (nSPS) is 14.1. The van der Waals surface area contributed by atoms with Crippen molar-refractivity contribution in [3.8, 4) is 5.75 Å². The van der Waals surface area contributed by atoms with E-state index in [2.05, 4.69) is 6.58 Å². The first kappa shape index (κ1) is 27.1. The molecule has 0 unspecified atom stereocenters. The molecule has 1 aliphatic carbocycles. The lowest BCUT2D eigenvalue weighted by atomic mass is 9.86. The van der Waals surface area contributed by atoms with Gasteiger partial charge in [-0.05, 0) is 60.2 Å². The molecule has 3 aromatic rings. The quantitative estimate of drug-likeness (QED) is 0.309. The van der Waals surface area contributed by atoms with E-state index in [-0.39, 0.29) is 13.2 Å². The fourth-order valence-corrected chi connectivity index (χ4v) is 4.92. The van der Waals surface area contributed by atoms with Crippen molar-refractivity contribution in [3.05, 3.63) is 112 Å². The second-order valence-corrected chi connectivity index (χ2v) is 9.15. The van der Waals surface area contributed by atoms with E-state index in [4.69, 9.17) is 4.74 Å². The van der Waals surface area contributed by atoms with E-state index in [9.17, 15) is 34.5 Å². The maximum Gasteiger partial charge on any atom is 0.336 e. The lowest BCUT2D eigenvalue weighted by molar-refractivity contribution is 0.0610. The predicted molar refractivity (Wildman–Crippen MR) is 141 cm³/mol. The van der Waals surface area contributed by atoms with Crippen LogP contribution in [-0.4, -0.2) is 50.6 Å². The zero-order valence-electron chi connectivity index (χ0n) is 21.0. The predicted octanol–water partition coefficient (Wildman–Crippen LogP) is 5.07. The van der Waals surface area contributed by atoms with Crippen LogP contribution in [0.25, 0.3) is 0 Å². The monoisotopic (exact) mass is 529 g/mol. The largest absolute Gasteiger partial charge is 0.490 e. The maximum absolute atomic E-state index is 14.2. The molecule has 0 heterocycles. The molecule has 200 valence electrons. The van der Waals surface area contributed by atoms with Gasteiger partial charge in [0.1, 0.15) is 12.4 Å². The molecule has 0 bridgehead atoms. The fourth-order valence-electron chi connectivity index (χ4n) is 4.92. The Hall–Kier alpha value is -4.92. The van der Waals surface area contributed by atoms with Gasteiger partial charge in [-0.15, -0.1) is 0 Å². The SMILES string of the molecule is C=CCOc1cccc(CN(C(=O)c2cc(C(=O)O)c(C(=O)O)cc2C(=O)O)[C@H]2CCCc3ccccc32)c1. The first-order valence-electron chi connectivity index (χ1n) is 12.3. The van der Waals surface area contributed by atoms with Crippen LogP contribution in [0, 0.1) is 0 Å². The second kappa shape index (κ2) is 11.6. The molecule has 3 N–H and O–H groups in total. The summed E-state index contributed by atoms with van der Waals surface area (Å²) in [5.41, 5.74) is 0.351. The van der Waals surface area contributed by atoms with Crippen LogP contribution in [0.1, 0.15) is 77.0 Å². The van der Waals surface area contributed by atoms with Crippen LogP contribution in [0.15, 0.2) is 73.3 Å². The molecular weight excluding hydrogens is 502 g/mol.